The second-order valence-corrected chi connectivity index (χ2v) is 6.01. The van der Waals surface area contributed by atoms with E-state index in [1.54, 1.807) is 7.11 Å². The number of ether oxygens (including phenoxy) is 1. The van der Waals surface area contributed by atoms with Crippen LogP contribution in [0.15, 0.2) is 48.5 Å². The topological polar surface area (TPSA) is 41.6 Å². The molecule has 0 fully saturated rings. The summed E-state index contributed by atoms with van der Waals surface area (Å²) in [5.74, 6) is 0.123. The normalized spacial score (nSPS) is 12.7. The van der Waals surface area contributed by atoms with Crippen LogP contribution in [0.3, 0.4) is 0 Å². The number of carbonyl (C=O) groups is 1. The highest BCUT2D eigenvalue weighted by Gasteiger charge is 2.31. The van der Waals surface area contributed by atoms with Crippen LogP contribution in [0, 0.1) is 0 Å². The molecule has 7 heteroatoms. The van der Waals surface area contributed by atoms with Crippen LogP contribution in [0.25, 0.3) is 0 Å². The molecule has 0 bridgehead atoms. The average molecular weight is 366 g/mol. The van der Waals surface area contributed by atoms with Crippen LogP contribution >= 0.6 is 0 Å². The Morgan fingerprint density at radius 1 is 1.15 bits per heavy atom. The summed E-state index contributed by atoms with van der Waals surface area (Å²) in [5.41, 5.74) is 0.000684. The van der Waals surface area contributed by atoms with Crippen molar-refractivity contribution in [2.75, 3.05) is 27.7 Å². The first-order valence-corrected chi connectivity index (χ1v) is 7.99. The summed E-state index contributed by atoms with van der Waals surface area (Å²) >= 11 is 0. The Hall–Kier alpha value is -2.54. The number of para-hydroxylation sites is 1. The number of rotatable bonds is 6. The van der Waals surface area contributed by atoms with E-state index in [9.17, 15) is 18.0 Å². The number of hydrogen-bond acceptors (Lipinski definition) is 3. The van der Waals surface area contributed by atoms with Crippen molar-refractivity contribution in [3.63, 3.8) is 0 Å². The molecule has 1 amide bonds. The van der Waals surface area contributed by atoms with Crippen LogP contribution < -0.4 is 10.1 Å². The van der Waals surface area contributed by atoms with Gasteiger partial charge in [-0.15, -0.1) is 0 Å². The van der Waals surface area contributed by atoms with E-state index in [4.69, 9.17) is 4.74 Å². The minimum absolute atomic E-state index is 0.0302. The molecule has 0 aliphatic carbocycles. The van der Waals surface area contributed by atoms with Gasteiger partial charge in [0, 0.05) is 17.7 Å². The lowest BCUT2D eigenvalue weighted by molar-refractivity contribution is -0.137. The quantitative estimate of drug-likeness (QED) is 0.847. The van der Waals surface area contributed by atoms with E-state index in [1.165, 1.54) is 12.1 Å². The monoisotopic (exact) mass is 366 g/mol. The number of nitrogens with zero attached hydrogens (tertiary/aromatic N) is 1. The van der Waals surface area contributed by atoms with E-state index in [1.807, 2.05) is 43.3 Å². The SMILES string of the molecule is COc1ccccc1C(CNC(=O)c1cccc(C(F)(F)F)c1)N(C)C. The number of methoxy groups -OCH3 is 1. The van der Waals surface area contributed by atoms with Gasteiger partial charge in [0.25, 0.3) is 5.91 Å². The van der Waals surface area contributed by atoms with E-state index < -0.39 is 17.6 Å². The van der Waals surface area contributed by atoms with Crippen LogP contribution in [0.2, 0.25) is 0 Å². The summed E-state index contributed by atoms with van der Waals surface area (Å²) < 4.78 is 43.8. The first-order valence-electron chi connectivity index (χ1n) is 7.99. The number of nitrogens with one attached hydrogen (secondary N) is 1. The van der Waals surface area contributed by atoms with Crippen molar-refractivity contribution < 1.29 is 22.7 Å². The van der Waals surface area contributed by atoms with Crippen molar-refractivity contribution >= 4 is 5.91 Å². The van der Waals surface area contributed by atoms with Crippen LogP contribution in [-0.4, -0.2) is 38.6 Å². The molecule has 26 heavy (non-hydrogen) atoms. The van der Waals surface area contributed by atoms with Gasteiger partial charge in [-0.1, -0.05) is 24.3 Å². The Morgan fingerprint density at radius 2 is 1.85 bits per heavy atom. The fraction of sp³-hybridized carbons (Fsp3) is 0.316. The van der Waals surface area contributed by atoms with Gasteiger partial charge in [0.15, 0.2) is 0 Å². The number of amides is 1. The van der Waals surface area contributed by atoms with Crippen LogP contribution in [0.4, 0.5) is 13.2 Å². The van der Waals surface area contributed by atoms with Gasteiger partial charge in [-0.25, -0.2) is 0 Å². The minimum Gasteiger partial charge on any atom is -0.496 e. The fourth-order valence-electron chi connectivity index (χ4n) is 2.64. The van der Waals surface area contributed by atoms with Crippen LogP contribution in [0.5, 0.6) is 5.75 Å². The molecule has 2 rings (SSSR count). The minimum atomic E-state index is -4.49. The molecule has 0 spiro atoms. The predicted molar refractivity (Wildman–Crippen MR) is 93.2 cm³/mol. The predicted octanol–water partition coefficient (Wildman–Crippen LogP) is 3.75. The highest BCUT2D eigenvalue weighted by Crippen LogP contribution is 2.30. The summed E-state index contributed by atoms with van der Waals surface area (Å²) in [4.78, 5) is 14.2. The summed E-state index contributed by atoms with van der Waals surface area (Å²) in [5, 5.41) is 2.71. The van der Waals surface area contributed by atoms with Gasteiger partial charge in [-0.2, -0.15) is 13.2 Å². The van der Waals surface area contributed by atoms with Gasteiger partial charge in [-0.3, -0.25) is 4.79 Å². The zero-order valence-electron chi connectivity index (χ0n) is 14.8. The first kappa shape index (κ1) is 19.8. The zero-order valence-corrected chi connectivity index (χ0v) is 14.8. The van der Waals surface area contributed by atoms with E-state index in [0.717, 1.165) is 17.7 Å². The number of likely N-dealkylation sites (N-methyl/N-ethyl adjacent to an activating group) is 1. The van der Waals surface area contributed by atoms with Crippen molar-refractivity contribution in [2.24, 2.45) is 0 Å². The number of alkyl halides is 3. The highest BCUT2D eigenvalue weighted by molar-refractivity contribution is 5.94. The summed E-state index contributed by atoms with van der Waals surface area (Å²) in [7, 11) is 5.27. The molecule has 1 N–H and O–H groups in total. The molecule has 0 saturated carbocycles. The number of carbonyl (C=O) groups excluding carboxylic acids is 1. The second-order valence-electron chi connectivity index (χ2n) is 6.01. The molecule has 1 atom stereocenters. The number of halogens is 3. The molecule has 0 aromatic heterocycles. The van der Waals surface area contributed by atoms with Gasteiger partial charge in [0.05, 0.1) is 18.7 Å². The summed E-state index contributed by atoms with van der Waals surface area (Å²) in [6, 6.07) is 11.6. The molecular formula is C19H21F3N2O2. The smallest absolute Gasteiger partial charge is 0.416 e. The van der Waals surface area contributed by atoms with E-state index in [0.29, 0.717) is 5.75 Å². The van der Waals surface area contributed by atoms with Crippen molar-refractivity contribution in [1.29, 1.82) is 0 Å². The summed E-state index contributed by atoms with van der Waals surface area (Å²) in [6.45, 7) is 0.225. The standard InChI is InChI=1S/C19H21F3N2O2/c1-24(2)16(15-9-4-5-10-17(15)26-3)12-23-18(25)13-7-6-8-14(11-13)19(20,21)22/h4-11,16H,12H2,1-3H3,(H,23,25). The Balaban J connectivity index is 2.16. The van der Waals surface area contributed by atoms with Crippen molar-refractivity contribution in [3.8, 4) is 5.75 Å². The lowest BCUT2D eigenvalue weighted by Gasteiger charge is -2.26. The molecule has 140 valence electrons. The maximum absolute atomic E-state index is 12.8. The lowest BCUT2D eigenvalue weighted by atomic mass is 10.0. The van der Waals surface area contributed by atoms with Crippen molar-refractivity contribution in [1.82, 2.24) is 10.2 Å². The third-order valence-electron chi connectivity index (χ3n) is 4.03. The van der Waals surface area contributed by atoms with Crippen LogP contribution in [0.1, 0.15) is 27.5 Å². The molecule has 4 nitrogen and oxygen atoms in total. The molecule has 0 aliphatic heterocycles. The van der Waals surface area contributed by atoms with E-state index in [2.05, 4.69) is 5.32 Å². The lowest BCUT2D eigenvalue weighted by Crippen LogP contribution is -2.34. The molecule has 0 radical (unpaired) electrons. The first-order chi connectivity index (χ1) is 12.2. The number of hydrogen-bond donors (Lipinski definition) is 1. The third kappa shape index (κ3) is 4.76. The zero-order chi connectivity index (χ0) is 19.3. The average Bonchev–Trinajstić information content (AvgIpc) is 2.61. The molecule has 0 aliphatic rings. The van der Waals surface area contributed by atoms with Gasteiger partial charge < -0.3 is 15.0 Å². The second kappa shape index (κ2) is 8.23. The summed E-state index contributed by atoms with van der Waals surface area (Å²) in [6.07, 6.45) is -4.49. The van der Waals surface area contributed by atoms with Crippen LogP contribution in [-0.2, 0) is 6.18 Å². The molecule has 0 saturated heterocycles. The molecule has 2 aromatic rings. The maximum atomic E-state index is 12.8. The Morgan fingerprint density at radius 3 is 2.46 bits per heavy atom. The molecule has 2 aromatic carbocycles. The number of benzene rings is 2. The highest BCUT2D eigenvalue weighted by atomic mass is 19.4. The largest absolute Gasteiger partial charge is 0.496 e. The maximum Gasteiger partial charge on any atom is 0.416 e. The Bertz CT molecular complexity index is 760. The van der Waals surface area contributed by atoms with Crippen molar-refractivity contribution in [2.45, 2.75) is 12.2 Å². The van der Waals surface area contributed by atoms with Gasteiger partial charge in [0.2, 0.25) is 0 Å². The Labute approximate surface area is 150 Å². The third-order valence-corrected chi connectivity index (χ3v) is 4.03. The van der Waals surface area contributed by atoms with Gasteiger partial charge >= 0.3 is 6.18 Å². The molecule has 1 unspecified atom stereocenters. The van der Waals surface area contributed by atoms with E-state index in [-0.39, 0.29) is 18.2 Å². The van der Waals surface area contributed by atoms with Gasteiger partial charge in [0.1, 0.15) is 5.75 Å². The van der Waals surface area contributed by atoms with Crippen molar-refractivity contribution in [3.05, 3.63) is 65.2 Å². The molecule has 0 heterocycles. The molecular weight excluding hydrogens is 345 g/mol. The van der Waals surface area contributed by atoms with E-state index >= 15 is 0 Å². The fourth-order valence-corrected chi connectivity index (χ4v) is 2.64. The Kier molecular flexibility index (Phi) is 6.26. The van der Waals surface area contributed by atoms with Gasteiger partial charge in [-0.05, 0) is 38.4 Å².